The van der Waals surface area contributed by atoms with Gasteiger partial charge < -0.3 is 10.1 Å². The second-order valence-corrected chi connectivity index (χ2v) is 7.85. The molecule has 1 unspecified atom stereocenters. The zero-order valence-electron chi connectivity index (χ0n) is 15.8. The van der Waals surface area contributed by atoms with Crippen LogP contribution in [0, 0.1) is 12.8 Å². The molecule has 1 fully saturated rings. The normalized spacial score (nSPS) is 15.9. The third kappa shape index (κ3) is 4.75. The lowest BCUT2D eigenvalue weighted by molar-refractivity contribution is -0.129. The van der Waals surface area contributed by atoms with E-state index in [4.69, 9.17) is 27.9 Å². The number of hydrogen-bond donors (Lipinski definition) is 1. The van der Waals surface area contributed by atoms with Gasteiger partial charge in [0, 0.05) is 26.7 Å². The third-order valence-corrected chi connectivity index (χ3v) is 5.68. The summed E-state index contributed by atoms with van der Waals surface area (Å²) in [6.45, 7) is 6.50. The predicted molar refractivity (Wildman–Crippen MR) is 110 cm³/mol. The van der Waals surface area contributed by atoms with Gasteiger partial charge in [-0.1, -0.05) is 41.4 Å². The molecule has 6 heteroatoms. The van der Waals surface area contributed by atoms with Crippen molar-refractivity contribution in [3.05, 3.63) is 63.1 Å². The standard InChI is InChI=1S/C21H24Cl2N2O2/c1-13-8-15(10-25-11-17(12-25)21(26)24-3)4-7-20(13)27-14(2)16-5-6-18(22)19(23)9-16/h4-9,14,17H,10-12H2,1-3H3,(H,24,26). The Bertz CT molecular complexity index is 835. The summed E-state index contributed by atoms with van der Waals surface area (Å²) in [6, 6.07) is 11.8. The van der Waals surface area contributed by atoms with E-state index >= 15 is 0 Å². The Morgan fingerprint density at radius 1 is 1.22 bits per heavy atom. The number of benzene rings is 2. The highest BCUT2D eigenvalue weighted by Crippen LogP contribution is 2.30. The minimum Gasteiger partial charge on any atom is -0.486 e. The molecule has 3 rings (SSSR count). The second-order valence-electron chi connectivity index (χ2n) is 7.04. The number of nitrogens with one attached hydrogen (secondary N) is 1. The first kappa shape index (κ1) is 20.0. The van der Waals surface area contributed by atoms with Crippen LogP contribution in [-0.2, 0) is 11.3 Å². The second kappa shape index (κ2) is 8.51. The summed E-state index contributed by atoms with van der Waals surface area (Å²) < 4.78 is 6.12. The average Bonchev–Trinajstić information content (AvgIpc) is 2.61. The van der Waals surface area contributed by atoms with Crippen LogP contribution in [0.3, 0.4) is 0 Å². The summed E-state index contributed by atoms with van der Waals surface area (Å²) in [7, 11) is 1.69. The smallest absolute Gasteiger partial charge is 0.225 e. The molecule has 2 aromatic carbocycles. The number of amides is 1. The molecule has 1 heterocycles. The van der Waals surface area contributed by atoms with Crippen LogP contribution in [0.15, 0.2) is 36.4 Å². The van der Waals surface area contributed by atoms with Crippen molar-refractivity contribution in [3.63, 3.8) is 0 Å². The van der Waals surface area contributed by atoms with Crippen LogP contribution >= 0.6 is 23.2 Å². The van der Waals surface area contributed by atoms with Gasteiger partial charge in [-0.05, 0) is 48.7 Å². The molecule has 2 aromatic rings. The van der Waals surface area contributed by atoms with Gasteiger partial charge in [-0.2, -0.15) is 0 Å². The first-order valence-electron chi connectivity index (χ1n) is 9.02. The number of carbonyl (C=O) groups excluding carboxylic acids is 1. The Morgan fingerprint density at radius 2 is 1.96 bits per heavy atom. The van der Waals surface area contributed by atoms with Gasteiger partial charge in [0.1, 0.15) is 11.9 Å². The summed E-state index contributed by atoms with van der Waals surface area (Å²) in [5.41, 5.74) is 3.29. The lowest BCUT2D eigenvalue weighted by Crippen LogP contribution is -2.52. The van der Waals surface area contributed by atoms with Gasteiger partial charge >= 0.3 is 0 Å². The van der Waals surface area contributed by atoms with E-state index in [1.54, 1.807) is 13.1 Å². The summed E-state index contributed by atoms with van der Waals surface area (Å²) in [6.07, 6.45) is -0.131. The topological polar surface area (TPSA) is 41.6 Å². The van der Waals surface area contributed by atoms with Crippen LogP contribution < -0.4 is 10.1 Å². The highest BCUT2D eigenvalue weighted by molar-refractivity contribution is 6.42. The maximum Gasteiger partial charge on any atom is 0.225 e. The molecule has 0 saturated carbocycles. The van der Waals surface area contributed by atoms with Crippen LogP contribution in [0.2, 0.25) is 10.0 Å². The van der Waals surface area contributed by atoms with Gasteiger partial charge in [0.25, 0.3) is 0 Å². The van der Waals surface area contributed by atoms with E-state index in [0.717, 1.165) is 36.5 Å². The molecule has 144 valence electrons. The number of nitrogens with zero attached hydrogens (tertiary/aromatic N) is 1. The predicted octanol–water partition coefficient (Wildman–Crippen LogP) is 4.62. The van der Waals surface area contributed by atoms with Gasteiger partial charge in [-0.25, -0.2) is 0 Å². The fourth-order valence-corrected chi connectivity index (χ4v) is 3.60. The van der Waals surface area contributed by atoms with Crippen LogP contribution in [0.1, 0.15) is 29.7 Å². The summed E-state index contributed by atoms with van der Waals surface area (Å²) in [5.74, 6) is 1.09. The Morgan fingerprint density at radius 3 is 2.59 bits per heavy atom. The average molecular weight is 407 g/mol. The Kier molecular flexibility index (Phi) is 6.30. The van der Waals surface area contributed by atoms with E-state index in [1.807, 2.05) is 32.0 Å². The zero-order valence-corrected chi connectivity index (χ0v) is 17.3. The molecule has 27 heavy (non-hydrogen) atoms. The van der Waals surface area contributed by atoms with Crippen molar-refractivity contribution in [3.8, 4) is 5.75 Å². The minimum absolute atomic E-state index is 0.116. The van der Waals surface area contributed by atoms with E-state index < -0.39 is 0 Å². The fourth-order valence-electron chi connectivity index (χ4n) is 3.29. The Hall–Kier alpha value is -1.75. The highest BCUT2D eigenvalue weighted by Gasteiger charge is 2.31. The third-order valence-electron chi connectivity index (χ3n) is 4.94. The molecule has 1 aliphatic rings. The molecular weight excluding hydrogens is 383 g/mol. The SMILES string of the molecule is CNC(=O)C1CN(Cc2ccc(OC(C)c3ccc(Cl)c(Cl)c3)c(C)c2)C1. The van der Waals surface area contributed by atoms with Crippen LogP contribution in [0.5, 0.6) is 5.75 Å². The zero-order chi connectivity index (χ0) is 19.6. The number of likely N-dealkylation sites (tertiary alicyclic amines) is 1. The van der Waals surface area contributed by atoms with E-state index in [1.165, 1.54) is 5.56 Å². The van der Waals surface area contributed by atoms with E-state index in [0.29, 0.717) is 10.0 Å². The summed E-state index contributed by atoms with van der Waals surface area (Å²) in [5, 5.41) is 3.78. The largest absolute Gasteiger partial charge is 0.486 e. The first-order chi connectivity index (χ1) is 12.9. The molecule has 1 amide bonds. The van der Waals surface area contributed by atoms with Crippen molar-refractivity contribution >= 4 is 29.1 Å². The van der Waals surface area contributed by atoms with Crippen LogP contribution in [0.25, 0.3) is 0 Å². The molecule has 4 nitrogen and oxygen atoms in total. The van der Waals surface area contributed by atoms with Crippen LogP contribution in [0.4, 0.5) is 0 Å². The Balaban J connectivity index is 1.60. The molecule has 1 atom stereocenters. The first-order valence-corrected chi connectivity index (χ1v) is 9.78. The number of rotatable bonds is 6. The van der Waals surface area contributed by atoms with Crippen molar-refractivity contribution in [1.82, 2.24) is 10.2 Å². The quantitative estimate of drug-likeness (QED) is 0.760. The van der Waals surface area contributed by atoms with E-state index in [9.17, 15) is 4.79 Å². The Labute approximate surface area is 170 Å². The molecule has 1 saturated heterocycles. The minimum atomic E-state index is -0.131. The van der Waals surface area contributed by atoms with Crippen molar-refractivity contribution in [2.75, 3.05) is 20.1 Å². The maximum atomic E-state index is 11.6. The molecule has 0 aromatic heterocycles. The van der Waals surface area contributed by atoms with Gasteiger partial charge in [0.15, 0.2) is 0 Å². The van der Waals surface area contributed by atoms with Gasteiger partial charge in [-0.15, -0.1) is 0 Å². The van der Waals surface area contributed by atoms with Crippen molar-refractivity contribution in [2.45, 2.75) is 26.5 Å². The highest BCUT2D eigenvalue weighted by atomic mass is 35.5. The van der Waals surface area contributed by atoms with Crippen molar-refractivity contribution in [2.24, 2.45) is 5.92 Å². The molecule has 1 N–H and O–H groups in total. The van der Waals surface area contributed by atoms with Gasteiger partial charge in [0.2, 0.25) is 5.91 Å². The molecule has 0 spiro atoms. The lowest BCUT2D eigenvalue weighted by Gasteiger charge is -2.38. The van der Waals surface area contributed by atoms with Crippen molar-refractivity contribution in [1.29, 1.82) is 0 Å². The summed E-state index contributed by atoms with van der Waals surface area (Å²) in [4.78, 5) is 13.9. The number of aryl methyl sites for hydroxylation is 1. The van der Waals surface area contributed by atoms with Gasteiger partial charge in [-0.3, -0.25) is 9.69 Å². The molecule has 1 aliphatic heterocycles. The maximum absolute atomic E-state index is 11.6. The van der Waals surface area contributed by atoms with E-state index in [2.05, 4.69) is 22.3 Å². The summed E-state index contributed by atoms with van der Waals surface area (Å²) >= 11 is 12.1. The molecular formula is C21H24Cl2N2O2. The molecule has 0 aliphatic carbocycles. The van der Waals surface area contributed by atoms with Gasteiger partial charge in [0.05, 0.1) is 16.0 Å². The van der Waals surface area contributed by atoms with Crippen molar-refractivity contribution < 1.29 is 9.53 Å². The molecule has 0 bridgehead atoms. The lowest BCUT2D eigenvalue weighted by atomic mass is 9.98. The number of halogens is 2. The molecule has 0 radical (unpaired) electrons. The number of carbonyl (C=O) groups is 1. The fraction of sp³-hybridized carbons (Fsp3) is 0.381. The van der Waals surface area contributed by atoms with E-state index in [-0.39, 0.29) is 17.9 Å². The monoisotopic (exact) mass is 406 g/mol. The number of hydrogen-bond acceptors (Lipinski definition) is 3. The number of ether oxygens (including phenoxy) is 1. The van der Waals surface area contributed by atoms with Crippen LogP contribution in [-0.4, -0.2) is 30.9 Å².